The maximum absolute atomic E-state index is 9.77. The molecule has 102 valence electrons. The molecule has 0 aromatic carbocycles. The summed E-state index contributed by atoms with van der Waals surface area (Å²) in [4.78, 5) is 12.5. The predicted octanol–water partition coefficient (Wildman–Crippen LogP) is -0.491. The largest absolute Gasteiger partial charge is 0.394 e. The number of nitrogens with zero attached hydrogens (tertiary/aromatic N) is 4. The Bertz CT molecular complexity index is 587. The van der Waals surface area contributed by atoms with Crippen molar-refractivity contribution in [2.45, 2.75) is 24.9 Å². The maximum Gasteiger partial charge on any atom is 0.167 e. The Morgan fingerprint density at radius 1 is 1.47 bits per heavy atom. The number of rotatable bonds is 3. The first-order valence-electron chi connectivity index (χ1n) is 6.04. The fourth-order valence-electron chi connectivity index (χ4n) is 2.30. The molecule has 2 aromatic rings. The number of imidazole rings is 1. The number of anilines is 1. The van der Waals surface area contributed by atoms with Gasteiger partial charge in [-0.15, -0.1) is 0 Å². The van der Waals surface area contributed by atoms with E-state index < -0.39 is 12.2 Å². The van der Waals surface area contributed by atoms with Crippen LogP contribution in [0.1, 0.15) is 12.6 Å². The SMILES string of the molecule is CNc1ncnc2c1ncn2[C@H]1C[C@H](O)[C@H](CO)O1. The Balaban J connectivity index is 1.98. The van der Waals surface area contributed by atoms with E-state index in [1.54, 1.807) is 17.9 Å². The molecule has 8 heteroatoms. The van der Waals surface area contributed by atoms with Crippen LogP contribution in [0, 0.1) is 0 Å². The fraction of sp³-hybridized carbons (Fsp3) is 0.545. The quantitative estimate of drug-likeness (QED) is 0.687. The molecule has 3 N–H and O–H groups in total. The normalized spacial score (nSPS) is 27.0. The van der Waals surface area contributed by atoms with Crippen LogP contribution in [-0.2, 0) is 4.74 Å². The lowest BCUT2D eigenvalue weighted by Crippen LogP contribution is -2.24. The highest BCUT2D eigenvalue weighted by Crippen LogP contribution is 2.31. The van der Waals surface area contributed by atoms with Crippen LogP contribution >= 0.6 is 0 Å². The first-order valence-corrected chi connectivity index (χ1v) is 6.04. The van der Waals surface area contributed by atoms with E-state index in [9.17, 15) is 5.11 Å². The molecule has 2 aromatic heterocycles. The molecule has 0 spiro atoms. The van der Waals surface area contributed by atoms with E-state index in [1.165, 1.54) is 6.33 Å². The van der Waals surface area contributed by atoms with E-state index >= 15 is 0 Å². The third-order valence-corrected chi connectivity index (χ3v) is 3.29. The van der Waals surface area contributed by atoms with Gasteiger partial charge in [0.2, 0.25) is 0 Å². The molecule has 0 unspecified atom stereocenters. The van der Waals surface area contributed by atoms with Gasteiger partial charge in [0.15, 0.2) is 11.5 Å². The van der Waals surface area contributed by atoms with E-state index in [1.807, 2.05) is 0 Å². The Morgan fingerprint density at radius 3 is 3.00 bits per heavy atom. The first kappa shape index (κ1) is 12.3. The minimum atomic E-state index is -0.682. The minimum Gasteiger partial charge on any atom is -0.394 e. The summed E-state index contributed by atoms with van der Waals surface area (Å²) in [5.41, 5.74) is 1.28. The molecule has 19 heavy (non-hydrogen) atoms. The molecule has 1 saturated heterocycles. The van der Waals surface area contributed by atoms with Gasteiger partial charge in [-0.3, -0.25) is 4.57 Å². The van der Waals surface area contributed by atoms with Crippen molar-refractivity contribution in [3.8, 4) is 0 Å². The van der Waals surface area contributed by atoms with Crippen molar-refractivity contribution < 1.29 is 14.9 Å². The van der Waals surface area contributed by atoms with Gasteiger partial charge in [-0.1, -0.05) is 0 Å². The molecule has 1 aliphatic heterocycles. The van der Waals surface area contributed by atoms with Gasteiger partial charge in [-0.2, -0.15) is 0 Å². The minimum absolute atomic E-state index is 0.207. The molecular formula is C11H15N5O3. The third-order valence-electron chi connectivity index (χ3n) is 3.29. The second-order valence-corrected chi connectivity index (χ2v) is 4.41. The van der Waals surface area contributed by atoms with E-state index in [0.29, 0.717) is 23.4 Å². The summed E-state index contributed by atoms with van der Waals surface area (Å²) in [5.74, 6) is 0.640. The lowest BCUT2D eigenvalue weighted by molar-refractivity contribution is -0.0432. The maximum atomic E-state index is 9.77. The summed E-state index contributed by atoms with van der Waals surface area (Å²) < 4.78 is 7.34. The van der Waals surface area contributed by atoms with Gasteiger partial charge in [0.25, 0.3) is 0 Å². The van der Waals surface area contributed by atoms with Crippen LogP contribution in [-0.4, -0.2) is 55.6 Å². The first-order chi connectivity index (χ1) is 9.24. The Morgan fingerprint density at radius 2 is 2.32 bits per heavy atom. The van der Waals surface area contributed by atoms with Crippen molar-refractivity contribution >= 4 is 17.0 Å². The monoisotopic (exact) mass is 265 g/mol. The second-order valence-electron chi connectivity index (χ2n) is 4.41. The average molecular weight is 265 g/mol. The molecule has 0 bridgehead atoms. The van der Waals surface area contributed by atoms with Crippen LogP contribution in [0.4, 0.5) is 5.82 Å². The number of aliphatic hydroxyl groups excluding tert-OH is 2. The van der Waals surface area contributed by atoms with Crippen molar-refractivity contribution in [3.63, 3.8) is 0 Å². The van der Waals surface area contributed by atoms with Crippen molar-refractivity contribution in [2.75, 3.05) is 19.0 Å². The van der Waals surface area contributed by atoms with Crippen LogP contribution < -0.4 is 5.32 Å². The Hall–Kier alpha value is -1.77. The van der Waals surface area contributed by atoms with E-state index in [2.05, 4.69) is 20.3 Å². The van der Waals surface area contributed by atoms with Crippen molar-refractivity contribution in [1.82, 2.24) is 19.5 Å². The van der Waals surface area contributed by atoms with E-state index in [4.69, 9.17) is 9.84 Å². The molecule has 3 atom stereocenters. The van der Waals surface area contributed by atoms with E-state index in [0.717, 1.165) is 0 Å². The van der Waals surface area contributed by atoms with Crippen LogP contribution in [0.25, 0.3) is 11.2 Å². The molecule has 1 aliphatic rings. The molecular weight excluding hydrogens is 250 g/mol. The Kier molecular flexibility index (Phi) is 3.05. The standard InChI is InChI=1S/C11H15N5O3/c1-12-10-9-11(14-4-13-10)16(5-15-9)8-2-6(18)7(3-17)19-8/h4-8,17-18H,2-3H2,1H3,(H,12,13,14)/t6-,7-,8+/m0/s1. The van der Waals surface area contributed by atoms with Gasteiger partial charge < -0.3 is 20.3 Å². The van der Waals surface area contributed by atoms with Gasteiger partial charge in [-0.05, 0) is 0 Å². The predicted molar refractivity (Wildman–Crippen MR) is 66.5 cm³/mol. The molecule has 1 fully saturated rings. The van der Waals surface area contributed by atoms with Gasteiger partial charge in [0.1, 0.15) is 24.2 Å². The van der Waals surface area contributed by atoms with Crippen LogP contribution in [0.5, 0.6) is 0 Å². The third kappa shape index (κ3) is 1.93. The number of hydrogen-bond donors (Lipinski definition) is 3. The van der Waals surface area contributed by atoms with Gasteiger partial charge in [0, 0.05) is 13.5 Å². The second kappa shape index (κ2) is 4.72. The number of ether oxygens (including phenoxy) is 1. The topological polar surface area (TPSA) is 105 Å². The molecule has 0 aliphatic carbocycles. The highest BCUT2D eigenvalue weighted by atomic mass is 16.5. The highest BCUT2D eigenvalue weighted by Gasteiger charge is 2.35. The summed E-state index contributed by atoms with van der Waals surface area (Å²) in [6.07, 6.45) is 1.83. The van der Waals surface area contributed by atoms with Gasteiger partial charge in [0.05, 0.1) is 19.0 Å². The van der Waals surface area contributed by atoms with Crippen LogP contribution in [0.15, 0.2) is 12.7 Å². The summed E-state index contributed by atoms with van der Waals surface area (Å²) in [6.45, 7) is -0.207. The lowest BCUT2D eigenvalue weighted by atomic mass is 10.2. The summed E-state index contributed by atoms with van der Waals surface area (Å²) >= 11 is 0. The summed E-state index contributed by atoms with van der Waals surface area (Å²) in [6, 6.07) is 0. The number of nitrogens with one attached hydrogen (secondary N) is 1. The van der Waals surface area contributed by atoms with Gasteiger partial charge >= 0.3 is 0 Å². The zero-order chi connectivity index (χ0) is 13.4. The summed E-state index contributed by atoms with van der Waals surface area (Å²) in [5, 5.41) is 21.8. The number of hydrogen-bond acceptors (Lipinski definition) is 7. The summed E-state index contributed by atoms with van der Waals surface area (Å²) in [7, 11) is 1.76. The van der Waals surface area contributed by atoms with Crippen molar-refractivity contribution in [3.05, 3.63) is 12.7 Å². The zero-order valence-electron chi connectivity index (χ0n) is 10.4. The number of fused-ring (bicyclic) bond motifs is 1. The van der Waals surface area contributed by atoms with Gasteiger partial charge in [-0.25, -0.2) is 15.0 Å². The van der Waals surface area contributed by atoms with Crippen molar-refractivity contribution in [1.29, 1.82) is 0 Å². The molecule has 8 nitrogen and oxygen atoms in total. The van der Waals surface area contributed by atoms with Crippen LogP contribution in [0.2, 0.25) is 0 Å². The van der Waals surface area contributed by atoms with Crippen molar-refractivity contribution in [2.24, 2.45) is 0 Å². The highest BCUT2D eigenvalue weighted by molar-refractivity contribution is 5.82. The smallest absolute Gasteiger partial charge is 0.167 e. The molecule has 0 radical (unpaired) electrons. The lowest BCUT2D eigenvalue weighted by Gasteiger charge is -2.13. The van der Waals surface area contributed by atoms with Crippen LogP contribution in [0.3, 0.4) is 0 Å². The molecule has 3 heterocycles. The molecule has 0 saturated carbocycles. The molecule has 0 amide bonds. The zero-order valence-corrected chi connectivity index (χ0v) is 10.4. The molecule has 3 rings (SSSR count). The fourth-order valence-corrected chi connectivity index (χ4v) is 2.30. The Labute approximate surface area is 109 Å². The van der Waals surface area contributed by atoms with E-state index in [-0.39, 0.29) is 12.8 Å². The average Bonchev–Trinajstić information content (AvgIpc) is 3.01. The number of aliphatic hydroxyl groups is 2. The number of aromatic nitrogens is 4.